The van der Waals surface area contributed by atoms with E-state index in [9.17, 15) is 13.2 Å². The Kier molecular flexibility index (Phi) is 3.16. The van der Waals surface area contributed by atoms with Crippen molar-refractivity contribution in [2.75, 3.05) is 0 Å². The predicted molar refractivity (Wildman–Crippen MR) is 74.2 cm³/mol. The fourth-order valence-electron chi connectivity index (χ4n) is 3.31. The van der Waals surface area contributed by atoms with E-state index in [1.165, 1.54) is 0 Å². The van der Waals surface area contributed by atoms with E-state index in [-0.39, 0.29) is 61.0 Å². The Labute approximate surface area is 141 Å². The summed E-state index contributed by atoms with van der Waals surface area (Å²) in [5.74, 6) is -0.241. The summed E-state index contributed by atoms with van der Waals surface area (Å²) in [6.45, 7) is 1.88. The molecule has 2 bridgehead atoms. The van der Waals surface area contributed by atoms with Crippen LogP contribution in [-0.4, -0.2) is 51.3 Å². The number of ether oxygens (including phenoxy) is 1. The number of hydrogen-bond acceptors (Lipinski definition) is 6. The molecule has 0 aromatic carbocycles. The fraction of sp³-hybridized carbons (Fsp3) is 0.900. The second kappa shape index (κ2) is 4.40. The molecule has 0 aromatic heterocycles. The molecule has 4 saturated heterocycles. The summed E-state index contributed by atoms with van der Waals surface area (Å²) in [7, 11) is -3.25. The number of esters is 1. The summed E-state index contributed by atoms with van der Waals surface area (Å²) in [6, 6.07) is -0.464. The normalized spacial score (nSPS) is 50.3. The standard InChI is InChI=1S/C10H14I2N3O4S/c1-10(11,8-12-14-8)9(16)19-7-3-2-4-5(13-3)6(7)15-20(4,17)18/h3-8,13-15H,2H2,1H3/q-1. The Morgan fingerprint density at radius 3 is 2.80 bits per heavy atom. The first kappa shape index (κ1) is 14.4. The Hall–Kier alpha value is 0.760. The van der Waals surface area contributed by atoms with Gasteiger partial charge in [-0.1, -0.05) is 0 Å². The van der Waals surface area contributed by atoms with E-state index in [1.807, 2.05) is 6.92 Å². The van der Waals surface area contributed by atoms with Gasteiger partial charge in [0.25, 0.3) is 0 Å². The molecule has 0 radical (unpaired) electrons. The number of rotatable bonds is 3. The number of carbonyl (C=O) groups excluding carboxylic acids is 1. The van der Waals surface area contributed by atoms with Crippen LogP contribution in [0.25, 0.3) is 0 Å². The molecule has 7 atom stereocenters. The third-order valence-electron chi connectivity index (χ3n) is 4.47. The molecule has 4 fully saturated rings. The monoisotopic (exact) mass is 526 g/mol. The van der Waals surface area contributed by atoms with Gasteiger partial charge in [-0.15, -0.1) is 0 Å². The molecule has 0 amide bonds. The van der Waals surface area contributed by atoms with Gasteiger partial charge in [0.15, 0.2) is 0 Å². The van der Waals surface area contributed by atoms with E-state index in [1.54, 1.807) is 0 Å². The number of carbonyl (C=O) groups is 1. The SMILES string of the molecule is CC(I)(C(=O)OC1C2CC3C(N2)C1NS3(=O)=O)C1N[I-]1. The van der Waals surface area contributed by atoms with E-state index >= 15 is 0 Å². The molecule has 7 unspecified atom stereocenters. The van der Waals surface area contributed by atoms with Crippen LogP contribution in [0.5, 0.6) is 0 Å². The predicted octanol–water partition coefficient (Wildman–Crippen LogP) is -4.56. The van der Waals surface area contributed by atoms with Gasteiger partial charge in [0.1, 0.15) is 0 Å². The third kappa shape index (κ3) is 1.97. The van der Waals surface area contributed by atoms with Crippen molar-refractivity contribution in [1.29, 1.82) is 0 Å². The molecule has 114 valence electrons. The second-order valence-electron chi connectivity index (χ2n) is 5.79. The first-order valence-corrected chi connectivity index (χ1v) is 11.3. The van der Waals surface area contributed by atoms with Crippen LogP contribution < -0.4 is 35.0 Å². The van der Waals surface area contributed by atoms with Crippen LogP contribution in [0.1, 0.15) is 13.3 Å². The van der Waals surface area contributed by atoms with E-state index < -0.39 is 13.4 Å². The summed E-state index contributed by atoms with van der Waals surface area (Å²) in [5, 5.41) is 2.90. The number of nitrogens with one attached hydrogen (secondary N) is 3. The van der Waals surface area contributed by atoms with Gasteiger partial charge in [-0.25, -0.2) is 0 Å². The molecular formula is C10H14I2N3O4S-. The zero-order valence-corrected chi connectivity index (χ0v) is 15.6. The maximum absolute atomic E-state index is 12.4. The summed E-state index contributed by atoms with van der Waals surface area (Å²) in [6.07, 6.45) is 0.146. The van der Waals surface area contributed by atoms with Gasteiger partial charge in [0.05, 0.1) is 0 Å². The number of hydrogen-bond donors (Lipinski definition) is 3. The molecule has 7 nitrogen and oxygen atoms in total. The maximum atomic E-state index is 12.4. The Morgan fingerprint density at radius 2 is 2.15 bits per heavy atom. The van der Waals surface area contributed by atoms with Gasteiger partial charge in [-0.2, -0.15) is 0 Å². The Bertz CT molecular complexity index is 579. The van der Waals surface area contributed by atoms with Crippen LogP contribution in [0.4, 0.5) is 0 Å². The van der Waals surface area contributed by atoms with Crippen molar-refractivity contribution in [3.63, 3.8) is 0 Å². The zero-order chi connectivity index (χ0) is 14.3. The van der Waals surface area contributed by atoms with Gasteiger partial charge in [-0.3, -0.25) is 0 Å². The fourth-order valence-corrected chi connectivity index (χ4v) is 8.55. The number of alkyl halides is 2. The number of fused-ring (bicyclic) bond motifs is 1. The Balaban J connectivity index is 1.53. The molecular weight excluding hydrogens is 512 g/mol. The van der Waals surface area contributed by atoms with E-state index in [0.29, 0.717) is 6.42 Å². The number of halogens is 2. The summed E-state index contributed by atoms with van der Waals surface area (Å²) in [4.78, 5) is 12.4. The second-order valence-corrected chi connectivity index (χ2v) is 12.5. The quantitative estimate of drug-likeness (QED) is 0.0855. The summed E-state index contributed by atoms with van der Waals surface area (Å²) < 4.78 is 35.1. The molecule has 0 saturated carbocycles. The molecule has 0 spiro atoms. The first-order chi connectivity index (χ1) is 9.30. The summed E-state index contributed by atoms with van der Waals surface area (Å²) in [5.41, 5.74) is 0. The average molecular weight is 526 g/mol. The van der Waals surface area contributed by atoms with Crippen LogP contribution in [0.3, 0.4) is 0 Å². The van der Waals surface area contributed by atoms with E-state index in [4.69, 9.17) is 4.74 Å². The van der Waals surface area contributed by atoms with Gasteiger partial charge < -0.3 is 0 Å². The third-order valence-corrected chi connectivity index (χ3v) is 11.1. The van der Waals surface area contributed by atoms with Crippen LogP contribution in [0, 0.1) is 0 Å². The van der Waals surface area contributed by atoms with Crippen molar-refractivity contribution in [2.45, 2.75) is 50.3 Å². The van der Waals surface area contributed by atoms with Crippen LogP contribution in [0.2, 0.25) is 0 Å². The molecule has 4 heterocycles. The van der Waals surface area contributed by atoms with Gasteiger partial charge in [0.2, 0.25) is 0 Å². The van der Waals surface area contributed by atoms with Crippen LogP contribution in [0.15, 0.2) is 0 Å². The van der Waals surface area contributed by atoms with E-state index in [2.05, 4.69) is 36.2 Å². The molecule has 4 aliphatic rings. The van der Waals surface area contributed by atoms with Crippen molar-refractivity contribution in [1.82, 2.24) is 13.6 Å². The summed E-state index contributed by atoms with van der Waals surface area (Å²) >= 11 is 2.06. The first-order valence-electron chi connectivity index (χ1n) is 6.36. The molecule has 10 heteroatoms. The van der Waals surface area contributed by atoms with Gasteiger partial charge in [-0.05, 0) is 0 Å². The topological polar surface area (TPSA) is 106 Å². The minimum absolute atomic E-state index is 0.0437. The average Bonchev–Trinajstić information content (AvgIpc) is 3.02. The van der Waals surface area contributed by atoms with Crippen molar-refractivity contribution < 1.29 is 39.4 Å². The molecule has 0 aliphatic carbocycles. The molecule has 3 N–H and O–H groups in total. The van der Waals surface area contributed by atoms with Crippen molar-refractivity contribution in [2.24, 2.45) is 0 Å². The molecule has 20 heavy (non-hydrogen) atoms. The van der Waals surface area contributed by atoms with Crippen molar-refractivity contribution >= 4 is 38.6 Å². The van der Waals surface area contributed by atoms with Gasteiger partial charge in [0, 0.05) is 0 Å². The molecule has 0 aromatic rings. The van der Waals surface area contributed by atoms with Crippen molar-refractivity contribution in [3.8, 4) is 0 Å². The van der Waals surface area contributed by atoms with E-state index in [0.717, 1.165) is 0 Å². The van der Waals surface area contributed by atoms with Crippen LogP contribution >= 0.6 is 22.6 Å². The number of sulfonamides is 1. The minimum atomic E-state index is -3.25. The zero-order valence-electron chi connectivity index (χ0n) is 10.5. The van der Waals surface area contributed by atoms with Crippen LogP contribution in [-0.2, 0) is 19.6 Å². The Morgan fingerprint density at radius 1 is 1.45 bits per heavy atom. The van der Waals surface area contributed by atoms with Crippen molar-refractivity contribution in [3.05, 3.63) is 0 Å². The van der Waals surface area contributed by atoms with Gasteiger partial charge >= 0.3 is 142 Å². The molecule has 4 aliphatic heterocycles. The molecule has 4 rings (SSSR count).